The maximum Gasteiger partial charge on any atom is 0.133 e. The van der Waals surface area contributed by atoms with Crippen LogP contribution in [0.25, 0.3) is 11.3 Å². The number of benzene rings is 1. The summed E-state index contributed by atoms with van der Waals surface area (Å²) in [7, 11) is 0. The topological polar surface area (TPSA) is 54.7 Å². The van der Waals surface area contributed by atoms with Crippen LogP contribution in [0.2, 0.25) is 0 Å². The molecule has 1 atom stereocenters. The van der Waals surface area contributed by atoms with Crippen molar-refractivity contribution >= 4 is 0 Å². The van der Waals surface area contributed by atoms with Gasteiger partial charge in [0.1, 0.15) is 11.6 Å². The number of H-pyrrole nitrogens is 1. The Hall–Kier alpha value is -1.75. The molecule has 0 amide bonds. The summed E-state index contributed by atoms with van der Waals surface area (Å²) >= 11 is 0. The highest BCUT2D eigenvalue weighted by Gasteiger charge is 2.13. The van der Waals surface area contributed by atoms with Gasteiger partial charge < -0.3 is 5.73 Å². The molecule has 102 valence electrons. The molecule has 0 bridgehead atoms. The molecular formula is C14H17F2N3. The molecule has 1 unspecified atom stereocenters. The van der Waals surface area contributed by atoms with E-state index in [1.165, 1.54) is 19.1 Å². The minimum atomic E-state index is -0.475. The summed E-state index contributed by atoms with van der Waals surface area (Å²) in [6.45, 7) is 3.52. The lowest BCUT2D eigenvalue weighted by atomic mass is 10.1. The summed E-state index contributed by atoms with van der Waals surface area (Å²) in [6.07, 6.45) is 1.49. The normalized spacial score (nSPS) is 12.7. The number of rotatable bonds is 4. The maximum atomic E-state index is 13.8. The van der Waals surface area contributed by atoms with Gasteiger partial charge in [-0.25, -0.2) is 8.78 Å². The molecule has 0 saturated heterocycles. The second-order valence-corrected chi connectivity index (χ2v) is 4.73. The molecule has 1 heterocycles. The largest absolute Gasteiger partial charge is 0.327 e. The highest BCUT2D eigenvalue weighted by Crippen LogP contribution is 2.24. The van der Waals surface area contributed by atoms with E-state index < -0.39 is 11.6 Å². The second kappa shape index (κ2) is 5.48. The first kappa shape index (κ1) is 13.7. The van der Waals surface area contributed by atoms with Gasteiger partial charge in [0.25, 0.3) is 0 Å². The standard InChI is InChI=1S/C14H17F2N3/c1-3-9(17)5-10-6-14(19-18-10)11-7-12(15)8(2)4-13(11)16/h4,6-7,9H,3,5,17H2,1-2H3,(H,18,19). The van der Waals surface area contributed by atoms with Gasteiger partial charge in [-0.05, 0) is 37.1 Å². The number of aromatic amines is 1. The molecule has 0 aliphatic heterocycles. The maximum absolute atomic E-state index is 13.8. The van der Waals surface area contributed by atoms with Crippen LogP contribution in [-0.4, -0.2) is 16.2 Å². The Morgan fingerprint density at radius 1 is 1.26 bits per heavy atom. The summed E-state index contributed by atoms with van der Waals surface area (Å²) in [6, 6.07) is 4.09. The van der Waals surface area contributed by atoms with Crippen LogP contribution in [0.3, 0.4) is 0 Å². The third kappa shape index (κ3) is 2.98. The number of hydrogen-bond donors (Lipinski definition) is 2. The van der Waals surface area contributed by atoms with Crippen LogP contribution in [-0.2, 0) is 6.42 Å². The monoisotopic (exact) mass is 265 g/mol. The number of aromatic nitrogens is 2. The zero-order chi connectivity index (χ0) is 14.0. The molecule has 2 rings (SSSR count). The number of halogens is 2. The predicted molar refractivity (Wildman–Crippen MR) is 70.6 cm³/mol. The van der Waals surface area contributed by atoms with Crippen LogP contribution in [0.15, 0.2) is 18.2 Å². The van der Waals surface area contributed by atoms with Crippen molar-refractivity contribution in [1.82, 2.24) is 10.2 Å². The Bertz CT molecular complexity index is 578. The Labute approximate surface area is 110 Å². The number of nitrogens with zero attached hydrogens (tertiary/aromatic N) is 1. The van der Waals surface area contributed by atoms with E-state index in [4.69, 9.17) is 5.73 Å². The molecule has 1 aromatic carbocycles. The van der Waals surface area contributed by atoms with E-state index >= 15 is 0 Å². The van der Waals surface area contributed by atoms with Gasteiger partial charge in [0.2, 0.25) is 0 Å². The molecule has 5 heteroatoms. The number of nitrogens with two attached hydrogens (primary N) is 1. The molecule has 0 radical (unpaired) electrons. The fourth-order valence-electron chi connectivity index (χ4n) is 1.87. The average molecular weight is 265 g/mol. The van der Waals surface area contributed by atoms with Crippen molar-refractivity contribution in [3.8, 4) is 11.3 Å². The quantitative estimate of drug-likeness (QED) is 0.893. The molecule has 0 spiro atoms. The second-order valence-electron chi connectivity index (χ2n) is 4.73. The predicted octanol–water partition coefficient (Wildman–Crippen LogP) is 2.94. The lowest BCUT2D eigenvalue weighted by Gasteiger charge is -2.05. The van der Waals surface area contributed by atoms with E-state index in [-0.39, 0.29) is 17.2 Å². The third-order valence-electron chi connectivity index (χ3n) is 3.16. The van der Waals surface area contributed by atoms with Gasteiger partial charge in [-0.1, -0.05) is 6.92 Å². The Balaban J connectivity index is 2.30. The van der Waals surface area contributed by atoms with Crippen LogP contribution in [0.5, 0.6) is 0 Å². The molecule has 0 aliphatic carbocycles. The van der Waals surface area contributed by atoms with E-state index in [0.717, 1.165) is 12.1 Å². The Morgan fingerprint density at radius 3 is 2.68 bits per heavy atom. The van der Waals surface area contributed by atoms with E-state index in [9.17, 15) is 8.78 Å². The summed E-state index contributed by atoms with van der Waals surface area (Å²) in [5.41, 5.74) is 7.51. The average Bonchev–Trinajstić information content (AvgIpc) is 2.82. The van der Waals surface area contributed by atoms with Crippen molar-refractivity contribution in [3.05, 3.63) is 41.1 Å². The molecule has 19 heavy (non-hydrogen) atoms. The number of aryl methyl sites for hydroxylation is 1. The summed E-state index contributed by atoms with van der Waals surface area (Å²) in [5, 5.41) is 6.83. The first-order valence-corrected chi connectivity index (χ1v) is 6.27. The fraction of sp³-hybridized carbons (Fsp3) is 0.357. The molecule has 0 aliphatic rings. The van der Waals surface area contributed by atoms with Crippen molar-refractivity contribution in [2.45, 2.75) is 32.7 Å². The molecule has 0 saturated carbocycles. The zero-order valence-electron chi connectivity index (χ0n) is 11.0. The van der Waals surface area contributed by atoms with Gasteiger partial charge >= 0.3 is 0 Å². The summed E-state index contributed by atoms with van der Waals surface area (Å²) in [4.78, 5) is 0. The SMILES string of the molecule is CCC(N)Cc1cc(-c2cc(F)c(C)cc2F)n[nH]1. The molecule has 1 aromatic heterocycles. The fourth-order valence-corrected chi connectivity index (χ4v) is 1.87. The summed E-state index contributed by atoms with van der Waals surface area (Å²) in [5.74, 6) is -0.914. The van der Waals surface area contributed by atoms with Crippen molar-refractivity contribution in [3.63, 3.8) is 0 Å². The molecule has 0 fully saturated rings. The highest BCUT2D eigenvalue weighted by molar-refractivity contribution is 5.60. The van der Waals surface area contributed by atoms with Crippen molar-refractivity contribution < 1.29 is 8.78 Å². The number of hydrogen-bond acceptors (Lipinski definition) is 2. The van der Waals surface area contributed by atoms with Crippen molar-refractivity contribution in [2.24, 2.45) is 5.73 Å². The smallest absolute Gasteiger partial charge is 0.133 e. The van der Waals surface area contributed by atoms with Gasteiger partial charge in [-0.3, -0.25) is 5.10 Å². The van der Waals surface area contributed by atoms with E-state index in [1.54, 1.807) is 6.07 Å². The lowest BCUT2D eigenvalue weighted by Crippen LogP contribution is -2.21. The van der Waals surface area contributed by atoms with Gasteiger partial charge in [-0.2, -0.15) is 5.10 Å². The van der Waals surface area contributed by atoms with Crippen LogP contribution >= 0.6 is 0 Å². The van der Waals surface area contributed by atoms with E-state index in [0.29, 0.717) is 12.1 Å². The Kier molecular flexibility index (Phi) is 3.95. The Morgan fingerprint density at radius 2 is 2.00 bits per heavy atom. The molecular weight excluding hydrogens is 248 g/mol. The van der Waals surface area contributed by atoms with Crippen LogP contribution in [0.4, 0.5) is 8.78 Å². The van der Waals surface area contributed by atoms with E-state index in [2.05, 4.69) is 10.2 Å². The highest BCUT2D eigenvalue weighted by atomic mass is 19.1. The minimum Gasteiger partial charge on any atom is -0.327 e. The van der Waals surface area contributed by atoms with Gasteiger partial charge in [0.05, 0.1) is 5.69 Å². The van der Waals surface area contributed by atoms with Gasteiger partial charge in [0.15, 0.2) is 0 Å². The van der Waals surface area contributed by atoms with Crippen LogP contribution < -0.4 is 5.73 Å². The first-order valence-electron chi connectivity index (χ1n) is 6.27. The zero-order valence-corrected chi connectivity index (χ0v) is 11.0. The van der Waals surface area contributed by atoms with Gasteiger partial charge in [-0.15, -0.1) is 0 Å². The first-order chi connectivity index (χ1) is 9.01. The lowest BCUT2D eigenvalue weighted by molar-refractivity contribution is 0.594. The third-order valence-corrected chi connectivity index (χ3v) is 3.16. The molecule has 3 N–H and O–H groups in total. The minimum absolute atomic E-state index is 0.0351. The van der Waals surface area contributed by atoms with Crippen molar-refractivity contribution in [2.75, 3.05) is 0 Å². The molecule has 3 nitrogen and oxygen atoms in total. The van der Waals surface area contributed by atoms with Crippen LogP contribution in [0.1, 0.15) is 24.6 Å². The number of nitrogens with one attached hydrogen (secondary N) is 1. The molecule has 2 aromatic rings. The van der Waals surface area contributed by atoms with Gasteiger partial charge in [0, 0.05) is 23.7 Å². The van der Waals surface area contributed by atoms with Crippen LogP contribution in [0, 0.1) is 18.6 Å². The summed E-state index contributed by atoms with van der Waals surface area (Å²) < 4.78 is 27.3. The van der Waals surface area contributed by atoms with Crippen molar-refractivity contribution in [1.29, 1.82) is 0 Å². The van der Waals surface area contributed by atoms with E-state index in [1.807, 2.05) is 6.92 Å².